The maximum atomic E-state index is 9.31. The molecule has 2 heterocycles. The van der Waals surface area contributed by atoms with Gasteiger partial charge in [-0.2, -0.15) is 0 Å². The van der Waals surface area contributed by atoms with E-state index in [-0.39, 0.29) is 6.61 Å². The summed E-state index contributed by atoms with van der Waals surface area (Å²) in [4.78, 5) is 12.2. The number of nitrogens with zero attached hydrogens (tertiary/aromatic N) is 3. The van der Waals surface area contributed by atoms with Gasteiger partial charge in [0.1, 0.15) is 5.82 Å². The second-order valence-electron chi connectivity index (χ2n) is 4.55. The molecule has 0 saturated heterocycles. The molecule has 0 aliphatic heterocycles. The zero-order valence-corrected chi connectivity index (χ0v) is 12.4. The fourth-order valence-electron chi connectivity index (χ4n) is 1.88. The molecular formula is C14H19N3OS. The van der Waals surface area contributed by atoms with Crippen LogP contribution < -0.4 is 4.90 Å². The van der Waals surface area contributed by atoms with E-state index in [4.69, 9.17) is 0 Å². The Morgan fingerprint density at radius 1 is 1.37 bits per heavy atom. The van der Waals surface area contributed by atoms with Crippen LogP contribution in [0.25, 0.3) is 0 Å². The number of thiazole rings is 1. The first-order valence-electron chi connectivity index (χ1n) is 6.34. The molecule has 5 heteroatoms. The van der Waals surface area contributed by atoms with Crippen LogP contribution in [0.1, 0.15) is 28.8 Å². The maximum Gasteiger partial charge on any atom is 0.129 e. The summed E-state index contributed by atoms with van der Waals surface area (Å²) in [5.74, 6) is 0.899. The summed E-state index contributed by atoms with van der Waals surface area (Å²) >= 11 is 1.66. The van der Waals surface area contributed by atoms with E-state index >= 15 is 0 Å². The van der Waals surface area contributed by atoms with Crippen molar-refractivity contribution in [3.8, 4) is 0 Å². The zero-order chi connectivity index (χ0) is 13.8. The molecule has 0 amide bonds. The number of anilines is 1. The summed E-state index contributed by atoms with van der Waals surface area (Å²) in [7, 11) is 2.02. The highest BCUT2D eigenvalue weighted by atomic mass is 32.1. The molecule has 19 heavy (non-hydrogen) atoms. The number of aryl methyl sites for hydroxylation is 2. The zero-order valence-electron chi connectivity index (χ0n) is 11.6. The van der Waals surface area contributed by atoms with Crippen LogP contribution in [0, 0.1) is 6.92 Å². The van der Waals surface area contributed by atoms with Crippen LogP contribution in [0.15, 0.2) is 17.6 Å². The van der Waals surface area contributed by atoms with E-state index < -0.39 is 0 Å². The average Bonchev–Trinajstić information content (AvgIpc) is 2.83. The quantitative estimate of drug-likeness (QED) is 0.912. The van der Waals surface area contributed by atoms with E-state index in [0.717, 1.165) is 35.7 Å². The monoisotopic (exact) mass is 277 g/mol. The van der Waals surface area contributed by atoms with Gasteiger partial charge < -0.3 is 10.0 Å². The lowest BCUT2D eigenvalue weighted by molar-refractivity contribution is 0.281. The van der Waals surface area contributed by atoms with E-state index in [9.17, 15) is 5.11 Å². The Bertz CT molecular complexity index is 531. The predicted molar refractivity (Wildman–Crippen MR) is 78.5 cm³/mol. The van der Waals surface area contributed by atoms with E-state index in [1.54, 1.807) is 11.3 Å². The molecule has 2 rings (SSSR count). The van der Waals surface area contributed by atoms with E-state index in [1.165, 1.54) is 4.88 Å². The van der Waals surface area contributed by atoms with Gasteiger partial charge >= 0.3 is 0 Å². The van der Waals surface area contributed by atoms with Gasteiger partial charge in [-0.15, -0.1) is 11.3 Å². The number of aromatic nitrogens is 2. The molecule has 4 nitrogen and oxygen atoms in total. The molecular weight excluding hydrogens is 258 g/mol. The molecule has 0 aliphatic carbocycles. The van der Waals surface area contributed by atoms with Crippen LogP contribution in [0.5, 0.6) is 0 Å². The van der Waals surface area contributed by atoms with Crippen LogP contribution in [0.3, 0.4) is 0 Å². The second kappa shape index (κ2) is 6.12. The van der Waals surface area contributed by atoms with E-state index in [0.29, 0.717) is 0 Å². The molecule has 0 bridgehead atoms. The third-order valence-electron chi connectivity index (χ3n) is 3.09. The summed E-state index contributed by atoms with van der Waals surface area (Å²) in [6, 6.07) is 3.89. The first-order valence-corrected chi connectivity index (χ1v) is 7.22. The topological polar surface area (TPSA) is 49.2 Å². The van der Waals surface area contributed by atoms with Crippen LogP contribution in [-0.2, 0) is 19.6 Å². The van der Waals surface area contributed by atoms with Gasteiger partial charge in [0.25, 0.3) is 0 Å². The first kappa shape index (κ1) is 14.0. The van der Waals surface area contributed by atoms with Gasteiger partial charge in [-0.05, 0) is 31.0 Å². The van der Waals surface area contributed by atoms with E-state index in [2.05, 4.69) is 21.8 Å². The summed E-state index contributed by atoms with van der Waals surface area (Å²) in [6.45, 7) is 4.94. The van der Waals surface area contributed by atoms with Gasteiger partial charge in [0.05, 0.1) is 24.4 Å². The minimum atomic E-state index is 0.0515. The van der Waals surface area contributed by atoms with Crippen LogP contribution in [-0.4, -0.2) is 22.1 Å². The van der Waals surface area contributed by atoms with Crippen molar-refractivity contribution in [2.45, 2.75) is 33.4 Å². The Kier molecular flexibility index (Phi) is 4.50. The average molecular weight is 277 g/mol. The molecule has 0 aromatic carbocycles. The summed E-state index contributed by atoms with van der Waals surface area (Å²) in [6.07, 6.45) is 0.869. The lowest BCUT2D eigenvalue weighted by Crippen LogP contribution is -2.18. The van der Waals surface area contributed by atoms with Crippen molar-refractivity contribution in [3.05, 3.63) is 39.5 Å². The number of hydrogen-bond donors (Lipinski definition) is 1. The number of aliphatic hydroxyl groups is 1. The smallest absolute Gasteiger partial charge is 0.129 e. The summed E-state index contributed by atoms with van der Waals surface area (Å²) in [5, 5.41) is 9.31. The Labute approximate surface area is 117 Å². The number of hydrogen-bond acceptors (Lipinski definition) is 5. The van der Waals surface area contributed by atoms with Gasteiger partial charge in [0, 0.05) is 17.6 Å². The molecule has 0 aliphatic rings. The van der Waals surface area contributed by atoms with Crippen molar-refractivity contribution < 1.29 is 5.11 Å². The van der Waals surface area contributed by atoms with Crippen molar-refractivity contribution in [3.63, 3.8) is 0 Å². The maximum absolute atomic E-state index is 9.31. The van der Waals surface area contributed by atoms with Gasteiger partial charge in [0.15, 0.2) is 0 Å². The molecule has 0 fully saturated rings. The van der Waals surface area contributed by atoms with Crippen LogP contribution >= 0.6 is 11.3 Å². The normalized spacial score (nSPS) is 10.7. The van der Waals surface area contributed by atoms with Crippen LogP contribution in [0.4, 0.5) is 5.82 Å². The summed E-state index contributed by atoms with van der Waals surface area (Å²) in [5.41, 5.74) is 4.86. The Hall–Kier alpha value is -1.46. The first-order chi connectivity index (χ1) is 9.13. The van der Waals surface area contributed by atoms with Crippen molar-refractivity contribution in [2.75, 3.05) is 11.9 Å². The molecule has 0 radical (unpaired) electrons. The molecule has 0 saturated carbocycles. The van der Waals surface area contributed by atoms with Crippen molar-refractivity contribution in [1.29, 1.82) is 0 Å². The Morgan fingerprint density at radius 3 is 2.74 bits per heavy atom. The third kappa shape index (κ3) is 3.30. The lowest BCUT2D eigenvalue weighted by Gasteiger charge is -2.19. The molecule has 102 valence electrons. The summed E-state index contributed by atoms with van der Waals surface area (Å²) < 4.78 is 0. The highest BCUT2D eigenvalue weighted by molar-refractivity contribution is 7.09. The lowest BCUT2D eigenvalue weighted by atomic mass is 10.2. The van der Waals surface area contributed by atoms with Crippen molar-refractivity contribution >= 4 is 17.2 Å². The molecule has 2 aromatic heterocycles. The molecule has 1 N–H and O–H groups in total. The second-order valence-corrected chi connectivity index (χ2v) is 5.49. The fraction of sp³-hybridized carbons (Fsp3) is 0.429. The Morgan fingerprint density at radius 2 is 2.16 bits per heavy atom. The molecule has 2 aromatic rings. The van der Waals surface area contributed by atoms with Gasteiger partial charge in [0.2, 0.25) is 0 Å². The van der Waals surface area contributed by atoms with E-state index in [1.807, 2.05) is 31.6 Å². The Balaban J connectivity index is 2.23. The standard InChI is InChI=1S/C14H19N3OS/c1-4-12-5-11(8-18)6-14(16-12)17(3)7-13-10(2)15-9-19-13/h5-6,9,18H,4,7-8H2,1-3H3. The minimum Gasteiger partial charge on any atom is -0.392 e. The number of aliphatic hydroxyl groups excluding tert-OH is 1. The van der Waals surface area contributed by atoms with Gasteiger partial charge in [-0.1, -0.05) is 6.92 Å². The highest BCUT2D eigenvalue weighted by Gasteiger charge is 2.09. The van der Waals surface area contributed by atoms with Crippen molar-refractivity contribution in [2.24, 2.45) is 0 Å². The fourth-order valence-corrected chi connectivity index (χ4v) is 2.71. The minimum absolute atomic E-state index is 0.0515. The highest BCUT2D eigenvalue weighted by Crippen LogP contribution is 2.20. The molecule has 0 atom stereocenters. The SMILES string of the molecule is CCc1cc(CO)cc(N(C)Cc2scnc2C)n1. The largest absolute Gasteiger partial charge is 0.392 e. The van der Waals surface area contributed by atoms with Gasteiger partial charge in [-0.3, -0.25) is 0 Å². The van der Waals surface area contributed by atoms with Crippen molar-refractivity contribution in [1.82, 2.24) is 9.97 Å². The van der Waals surface area contributed by atoms with Crippen LogP contribution in [0.2, 0.25) is 0 Å². The number of pyridine rings is 1. The molecule has 0 spiro atoms. The van der Waals surface area contributed by atoms with Gasteiger partial charge in [-0.25, -0.2) is 9.97 Å². The predicted octanol–water partition coefficient (Wildman–Crippen LogP) is 2.54. The third-order valence-corrected chi connectivity index (χ3v) is 4.01. The molecule has 0 unspecified atom stereocenters. The number of rotatable bonds is 5.